The van der Waals surface area contributed by atoms with E-state index in [9.17, 15) is 4.79 Å². The lowest BCUT2D eigenvalue weighted by molar-refractivity contribution is -0.143. The third-order valence-electron chi connectivity index (χ3n) is 3.55. The Hall–Kier alpha value is -1.07. The summed E-state index contributed by atoms with van der Waals surface area (Å²) in [6.45, 7) is 4.83. The van der Waals surface area contributed by atoms with Gasteiger partial charge in [0.25, 0.3) is 0 Å². The molecule has 116 valence electrons. The minimum Gasteiger partial charge on any atom is -0.488 e. The fourth-order valence-corrected chi connectivity index (χ4v) is 2.96. The van der Waals surface area contributed by atoms with Crippen LogP contribution in [0.4, 0.5) is 0 Å². The Bertz CT molecular complexity index is 504. The van der Waals surface area contributed by atoms with E-state index in [2.05, 4.69) is 41.2 Å². The number of hydrogen-bond donors (Lipinski definition) is 1. The van der Waals surface area contributed by atoms with Gasteiger partial charge in [0.2, 0.25) is 0 Å². The lowest BCUT2D eigenvalue weighted by Crippen LogP contribution is -2.43. The van der Waals surface area contributed by atoms with Crippen LogP contribution in [0.15, 0.2) is 22.7 Å². The van der Waals surface area contributed by atoms with Crippen molar-refractivity contribution >= 4 is 21.9 Å². The second-order valence-corrected chi connectivity index (χ2v) is 6.73. The zero-order chi connectivity index (χ0) is 15.4. The second kappa shape index (κ2) is 7.27. The lowest BCUT2D eigenvalue weighted by Gasteiger charge is -2.20. The number of benzene rings is 1. The van der Waals surface area contributed by atoms with Gasteiger partial charge in [-0.2, -0.15) is 0 Å². The molecule has 5 heteroatoms. The molecule has 1 aromatic carbocycles. The highest BCUT2D eigenvalue weighted by molar-refractivity contribution is 9.10. The molecule has 0 radical (unpaired) electrons. The van der Waals surface area contributed by atoms with Gasteiger partial charge in [-0.3, -0.25) is 4.79 Å². The number of ether oxygens (including phenoxy) is 2. The van der Waals surface area contributed by atoms with Gasteiger partial charge in [0, 0.05) is 17.4 Å². The van der Waals surface area contributed by atoms with Gasteiger partial charge in [0.15, 0.2) is 0 Å². The number of rotatable bonds is 6. The zero-order valence-corrected chi connectivity index (χ0v) is 14.3. The first-order valence-electron chi connectivity index (χ1n) is 7.26. The number of fused-ring (bicyclic) bond motifs is 1. The van der Waals surface area contributed by atoms with Crippen LogP contribution in [0.1, 0.15) is 25.8 Å². The summed E-state index contributed by atoms with van der Waals surface area (Å²) in [5.74, 6) is 1.16. The van der Waals surface area contributed by atoms with Crippen LogP contribution in [-0.4, -0.2) is 31.8 Å². The van der Waals surface area contributed by atoms with Gasteiger partial charge in [-0.25, -0.2) is 0 Å². The minimum atomic E-state index is -0.269. The smallest absolute Gasteiger partial charge is 0.322 e. The van der Waals surface area contributed by atoms with Gasteiger partial charge in [0.1, 0.15) is 17.9 Å². The van der Waals surface area contributed by atoms with Crippen molar-refractivity contribution in [2.45, 2.75) is 38.8 Å². The van der Waals surface area contributed by atoms with E-state index in [1.165, 1.54) is 12.7 Å². The highest BCUT2D eigenvalue weighted by Gasteiger charge is 2.26. The van der Waals surface area contributed by atoms with Crippen molar-refractivity contribution in [2.75, 3.05) is 13.7 Å². The van der Waals surface area contributed by atoms with E-state index in [-0.39, 0.29) is 18.1 Å². The molecule has 2 atom stereocenters. The Labute approximate surface area is 134 Å². The average molecular weight is 356 g/mol. The maximum absolute atomic E-state index is 11.8. The summed E-state index contributed by atoms with van der Waals surface area (Å²) < 4.78 is 11.8. The van der Waals surface area contributed by atoms with E-state index >= 15 is 0 Å². The highest BCUT2D eigenvalue weighted by atomic mass is 79.9. The number of esters is 1. The molecule has 1 aromatic rings. The Morgan fingerprint density at radius 3 is 2.95 bits per heavy atom. The van der Waals surface area contributed by atoms with Gasteiger partial charge < -0.3 is 14.8 Å². The molecule has 0 bridgehead atoms. The summed E-state index contributed by atoms with van der Waals surface area (Å²) in [7, 11) is 1.43. The predicted octanol–water partition coefficient (Wildman–Crippen LogP) is 2.93. The van der Waals surface area contributed by atoms with E-state index in [0.29, 0.717) is 12.5 Å². The average Bonchev–Trinajstić information content (AvgIpc) is 2.84. The molecule has 21 heavy (non-hydrogen) atoms. The van der Waals surface area contributed by atoms with Crippen molar-refractivity contribution in [2.24, 2.45) is 5.92 Å². The molecule has 2 rings (SSSR count). The molecule has 0 fully saturated rings. The largest absolute Gasteiger partial charge is 0.488 e. The van der Waals surface area contributed by atoms with Crippen LogP contribution >= 0.6 is 15.9 Å². The molecular formula is C16H22BrNO3. The predicted molar refractivity (Wildman–Crippen MR) is 85.5 cm³/mol. The zero-order valence-electron chi connectivity index (χ0n) is 12.7. The first-order chi connectivity index (χ1) is 9.99. The van der Waals surface area contributed by atoms with Crippen LogP contribution in [0.25, 0.3) is 0 Å². The molecule has 0 spiro atoms. The van der Waals surface area contributed by atoms with Crippen molar-refractivity contribution in [1.82, 2.24) is 5.32 Å². The van der Waals surface area contributed by atoms with Crippen molar-refractivity contribution in [3.05, 3.63) is 28.2 Å². The molecule has 4 nitrogen and oxygen atoms in total. The number of nitrogens with one attached hydrogen (secondary N) is 1. The summed E-state index contributed by atoms with van der Waals surface area (Å²) in [4.78, 5) is 11.8. The number of carbonyl (C=O) groups excluding carboxylic acids is 1. The van der Waals surface area contributed by atoms with E-state index in [1.54, 1.807) is 0 Å². The number of halogens is 1. The number of hydrogen-bond acceptors (Lipinski definition) is 4. The van der Waals surface area contributed by atoms with E-state index in [0.717, 1.165) is 23.1 Å². The van der Waals surface area contributed by atoms with Gasteiger partial charge in [-0.15, -0.1) is 0 Å². The molecule has 0 saturated carbocycles. The molecular weight excluding hydrogens is 334 g/mol. The molecule has 1 heterocycles. The lowest BCUT2D eigenvalue weighted by atomic mass is 10.0. The second-order valence-electron chi connectivity index (χ2n) is 5.81. The summed E-state index contributed by atoms with van der Waals surface area (Å²) >= 11 is 3.47. The van der Waals surface area contributed by atoms with Crippen LogP contribution in [0, 0.1) is 5.92 Å². The van der Waals surface area contributed by atoms with Crippen molar-refractivity contribution in [3.8, 4) is 5.75 Å². The van der Waals surface area contributed by atoms with Gasteiger partial charge in [-0.05, 0) is 36.1 Å². The Kier molecular flexibility index (Phi) is 5.65. The molecule has 0 amide bonds. The fourth-order valence-electron chi connectivity index (χ4n) is 2.55. The quantitative estimate of drug-likeness (QED) is 0.797. The maximum Gasteiger partial charge on any atom is 0.322 e. The normalized spacial score (nSPS) is 18.2. The van der Waals surface area contributed by atoms with E-state index < -0.39 is 0 Å². The summed E-state index contributed by atoms with van der Waals surface area (Å²) in [6.07, 6.45) is 1.68. The van der Waals surface area contributed by atoms with Gasteiger partial charge >= 0.3 is 5.97 Å². The molecule has 1 aliphatic rings. The Balaban J connectivity index is 1.89. The molecule has 0 saturated heterocycles. The van der Waals surface area contributed by atoms with Crippen molar-refractivity contribution in [3.63, 3.8) is 0 Å². The third kappa shape index (κ3) is 4.45. The van der Waals surface area contributed by atoms with Crippen LogP contribution < -0.4 is 10.1 Å². The molecule has 0 aliphatic carbocycles. The summed E-state index contributed by atoms with van der Waals surface area (Å²) in [6, 6.07) is 5.77. The third-order valence-corrected chi connectivity index (χ3v) is 4.04. The SMILES string of the molecule is COC(=O)C(CC(C)C)NCC1Cc2cc(Br)ccc2O1. The standard InChI is InChI=1S/C16H22BrNO3/c1-10(2)6-14(16(19)20-3)18-9-13-8-11-7-12(17)4-5-15(11)21-13/h4-5,7,10,13-14,18H,6,8-9H2,1-3H3. The van der Waals surface area contributed by atoms with Crippen LogP contribution in [0.3, 0.4) is 0 Å². The monoisotopic (exact) mass is 355 g/mol. The number of methoxy groups -OCH3 is 1. The fraction of sp³-hybridized carbons (Fsp3) is 0.562. The van der Waals surface area contributed by atoms with Gasteiger partial charge in [-0.1, -0.05) is 29.8 Å². The van der Waals surface area contributed by atoms with Gasteiger partial charge in [0.05, 0.1) is 7.11 Å². The summed E-state index contributed by atoms with van der Waals surface area (Å²) in [5, 5.41) is 3.28. The first kappa shape index (κ1) is 16.3. The molecule has 2 unspecified atom stereocenters. The molecule has 0 aromatic heterocycles. The highest BCUT2D eigenvalue weighted by Crippen LogP contribution is 2.31. The van der Waals surface area contributed by atoms with Crippen LogP contribution in [-0.2, 0) is 16.0 Å². The van der Waals surface area contributed by atoms with Crippen molar-refractivity contribution < 1.29 is 14.3 Å². The number of carbonyl (C=O) groups is 1. The van der Waals surface area contributed by atoms with Crippen LogP contribution in [0.5, 0.6) is 5.75 Å². The van der Waals surface area contributed by atoms with E-state index in [1.807, 2.05) is 12.1 Å². The van der Waals surface area contributed by atoms with E-state index in [4.69, 9.17) is 9.47 Å². The topological polar surface area (TPSA) is 47.6 Å². The molecule has 1 N–H and O–H groups in total. The summed E-state index contributed by atoms with van der Waals surface area (Å²) in [5.41, 5.74) is 1.20. The first-order valence-corrected chi connectivity index (χ1v) is 8.05. The Morgan fingerprint density at radius 2 is 2.29 bits per heavy atom. The minimum absolute atomic E-state index is 0.0635. The Morgan fingerprint density at radius 1 is 1.52 bits per heavy atom. The maximum atomic E-state index is 11.8. The van der Waals surface area contributed by atoms with Crippen molar-refractivity contribution in [1.29, 1.82) is 0 Å². The molecule has 1 aliphatic heterocycles. The van der Waals surface area contributed by atoms with Crippen LogP contribution in [0.2, 0.25) is 0 Å².